The minimum atomic E-state index is -0.469. The molecular weight excluding hydrogens is 382 g/mol. The largest absolute Gasteiger partial charge is 0.504 e. The van der Waals surface area contributed by atoms with Crippen molar-refractivity contribution in [2.75, 3.05) is 19.0 Å². The highest BCUT2D eigenvalue weighted by Gasteiger charge is 2.36. The summed E-state index contributed by atoms with van der Waals surface area (Å²) in [5, 5.41) is 13.5. The second-order valence-corrected chi connectivity index (χ2v) is 7.12. The number of phenols is 1. The molecule has 4 rings (SSSR count). The fraction of sp³-hybridized carbons (Fsp3) is 0.304. The number of esters is 1. The number of ether oxygens (including phenoxy) is 2. The third kappa shape index (κ3) is 3.26. The molecule has 2 aromatic carbocycles. The maximum absolute atomic E-state index is 13.1. The molecule has 0 aliphatic carbocycles. The van der Waals surface area contributed by atoms with Gasteiger partial charge in [0.2, 0.25) is 5.95 Å². The molecule has 7 nitrogen and oxygen atoms in total. The zero-order valence-electron chi connectivity index (χ0n) is 17.3. The topological polar surface area (TPSA) is 85.6 Å². The number of hydrogen-bond donors (Lipinski definition) is 2. The predicted octanol–water partition coefficient (Wildman–Crippen LogP) is 4.38. The van der Waals surface area contributed by atoms with Crippen molar-refractivity contribution >= 4 is 23.0 Å². The van der Waals surface area contributed by atoms with E-state index < -0.39 is 6.04 Å². The molecule has 2 N–H and O–H groups in total. The number of imidazole rings is 1. The van der Waals surface area contributed by atoms with Gasteiger partial charge >= 0.3 is 5.97 Å². The van der Waals surface area contributed by atoms with Crippen LogP contribution in [-0.4, -0.2) is 34.3 Å². The van der Waals surface area contributed by atoms with Crippen LogP contribution in [-0.2, 0) is 9.53 Å². The van der Waals surface area contributed by atoms with Crippen LogP contribution in [0.25, 0.3) is 11.0 Å². The highest BCUT2D eigenvalue weighted by atomic mass is 16.5. The fourth-order valence-electron chi connectivity index (χ4n) is 3.96. The van der Waals surface area contributed by atoms with Crippen LogP contribution in [0, 0.1) is 0 Å². The van der Waals surface area contributed by atoms with Gasteiger partial charge in [-0.1, -0.05) is 31.5 Å². The second kappa shape index (κ2) is 8.10. The number of aromatic hydroxyl groups is 1. The molecule has 7 heteroatoms. The summed E-state index contributed by atoms with van der Waals surface area (Å²) in [6, 6.07) is 12.5. The maximum Gasteiger partial charge on any atom is 0.338 e. The van der Waals surface area contributed by atoms with Crippen LogP contribution in [0.5, 0.6) is 11.5 Å². The normalized spacial score (nSPS) is 15.6. The summed E-state index contributed by atoms with van der Waals surface area (Å²) in [6.45, 7) is 4.14. The Morgan fingerprint density at radius 2 is 2.03 bits per heavy atom. The molecule has 0 saturated carbocycles. The average Bonchev–Trinajstić information content (AvgIpc) is 3.11. The van der Waals surface area contributed by atoms with E-state index in [1.165, 1.54) is 7.11 Å². The van der Waals surface area contributed by atoms with E-state index in [0.717, 1.165) is 28.7 Å². The van der Waals surface area contributed by atoms with Crippen molar-refractivity contribution < 1.29 is 19.4 Å². The number of hydrogen-bond acceptors (Lipinski definition) is 6. The number of phenolic OH excluding ortho intramolecular Hbond substituents is 1. The van der Waals surface area contributed by atoms with Crippen molar-refractivity contribution in [2.24, 2.45) is 0 Å². The molecule has 1 atom stereocenters. The molecule has 0 fully saturated rings. The van der Waals surface area contributed by atoms with Gasteiger partial charge < -0.3 is 19.9 Å². The Bertz CT molecular complexity index is 1130. The van der Waals surface area contributed by atoms with Crippen molar-refractivity contribution in [3.8, 4) is 11.5 Å². The number of nitrogens with one attached hydrogen (secondary N) is 1. The number of rotatable bonds is 6. The SMILES string of the molecule is CCCC1=C(C(=O)OCC)[C@@H](c2ccc(O)c(OC)c2)n2c(nc3ccccc32)N1. The van der Waals surface area contributed by atoms with Gasteiger partial charge in [0.15, 0.2) is 11.5 Å². The quantitative estimate of drug-likeness (QED) is 0.590. The Morgan fingerprint density at radius 3 is 2.77 bits per heavy atom. The summed E-state index contributed by atoms with van der Waals surface area (Å²) in [5.41, 5.74) is 3.87. The standard InChI is InChI=1S/C23H25N3O4/c1-4-8-16-20(22(28)30-5-2)21(14-11-12-18(27)19(13-14)29-3)26-17-10-7-6-9-15(17)24-23(26)25-16/h6-7,9-13,21,27H,4-5,8H2,1-3H3,(H,24,25)/t21-/m1/s1. The number of benzene rings is 2. The van der Waals surface area contributed by atoms with Crippen LogP contribution in [0.1, 0.15) is 38.3 Å². The summed E-state index contributed by atoms with van der Waals surface area (Å²) < 4.78 is 12.8. The van der Waals surface area contributed by atoms with Gasteiger partial charge in [-0.25, -0.2) is 9.78 Å². The number of aromatic nitrogens is 2. The van der Waals surface area contributed by atoms with Crippen molar-refractivity contribution in [2.45, 2.75) is 32.7 Å². The summed E-state index contributed by atoms with van der Waals surface area (Å²) >= 11 is 0. The zero-order chi connectivity index (χ0) is 21.3. The molecule has 0 bridgehead atoms. The lowest BCUT2D eigenvalue weighted by molar-refractivity contribution is -0.139. The van der Waals surface area contributed by atoms with Crippen molar-refractivity contribution in [1.29, 1.82) is 0 Å². The van der Waals surface area contributed by atoms with Gasteiger partial charge in [-0.05, 0) is 43.2 Å². The number of carbonyl (C=O) groups is 1. The van der Waals surface area contributed by atoms with Crippen molar-refractivity contribution in [3.63, 3.8) is 0 Å². The number of carbonyl (C=O) groups excluding carboxylic acids is 1. The summed E-state index contributed by atoms with van der Waals surface area (Å²) in [5.74, 6) is 0.692. The first-order valence-corrected chi connectivity index (χ1v) is 10.1. The fourth-order valence-corrected chi connectivity index (χ4v) is 3.96. The Labute approximate surface area is 174 Å². The van der Waals surface area contributed by atoms with Gasteiger partial charge in [-0.15, -0.1) is 0 Å². The van der Waals surface area contributed by atoms with Crippen LogP contribution in [0.2, 0.25) is 0 Å². The van der Waals surface area contributed by atoms with Crippen LogP contribution in [0.3, 0.4) is 0 Å². The number of para-hydroxylation sites is 2. The van der Waals surface area contributed by atoms with E-state index in [4.69, 9.17) is 14.5 Å². The third-order valence-corrected chi connectivity index (χ3v) is 5.23. The van der Waals surface area contributed by atoms with E-state index >= 15 is 0 Å². The van der Waals surface area contributed by atoms with E-state index in [1.54, 1.807) is 25.1 Å². The van der Waals surface area contributed by atoms with Gasteiger partial charge in [0.1, 0.15) is 0 Å². The van der Waals surface area contributed by atoms with Crippen molar-refractivity contribution in [3.05, 3.63) is 59.3 Å². The number of nitrogens with zero attached hydrogens (tertiary/aromatic N) is 2. The van der Waals surface area contributed by atoms with E-state index in [9.17, 15) is 9.90 Å². The van der Waals surface area contributed by atoms with Crippen molar-refractivity contribution in [1.82, 2.24) is 9.55 Å². The van der Waals surface area contributed by atoms with Gasteiger partial charge in [0.25, 0.3) is 0 Å². The lowest BCUT2D eigenvalue weighted by Gasteiger charge is -2.31. The molecule has 0 spiro atoms. The molecule has 0 amide bonds. The number of allylic oxidation sites excluding steroid dienone is 1. The lowest BCUT2D eigenvalue weighted by Crippen LogP contribution is -2.29. The molecule has 2 heterocycles. The number of methoxy groups -OCH3 is 1. The minimum absolute atomic E-state index is 0.0429. The summed E-state index contributed by atoms with van der Waals surface area (Å²) in [6.07, 6.45) is 1.54. The first kappa shape index (κ1) is 19.8. The molecule has 0 unspecified atom stereocenters. The number of fused-ring (bicyclic) bond motifs is 3. The molecule has 0 radical (unpaired) electrons. The monoisotopic (exact) mass is 407 g/mol. The smallest absolute Gasteiger partial charge is 0.338 e. The van der Waals surface area contributed by atoms with Gasteiger partial charge in [-0.2, -0.15) is 0 Å². The summed E-state index contributed by atoms with van der Waals surface area (Å²) in [7, 11) is 1.50. The Kier molecular flexibility index (Phi) is 5.35. The molecular formula is C23H25N3O4. The zero-order valence-corrected chi connectivity index (χ0v) is 17.3. The second-order valence-electron chi connectivity index (χ2n) is 7.12. The molecule has 3 aromatic rings. The van der Waals surface area contributed by atoms with Crippen LogP contribution < -0.4 is 10.1 Å². The molecule has 1 aliphatic rings. The van der Waals surface area contributed by atoms with E-state index in [2.05, 4.69) is 12.2 Å². The molecule has 1 aliphatic heterocycles. The van der Waals surface area contributed by atoms with Crippen LogP contribution in [0.4, 0.5) is 5.95 Å². The maximum atomic E-state index is 13.1. The van der Waals surface area contributed by atoms with Crippen LogP contribution >= 0.6 is 0 Å². The average molecular weight is 407 g/mol. The Balaban J connectivity index is 2.01. The van der Waals surface area contributed by atoms with E-state index in [0.29, 0.717) is 23.7 Å². The first-order valence-electron chi connectivity index (χ1n) is 10.1. The van der Waals surface area contributed by atoms with E-state index in [-0.39, 0.29) is 18.3 Å². The Hall–Kier alpha value is -3.48. The molecule has 0 saturated heterocycles. The Morgan fingerprint density at radius 1 is 1.23 bits per heavy atom. The third-order valence-electron chi connectivity index (χ3n) is 5.23. The minimum Gasteiger partial charge on any atom is -0.504 e. The van der Waals surface area contributed by atoms with Gasteiger partial charge in [-0.3, -0.25) is 4.57 Å². The van der Waals surface area contributed by atoms with Gasteiger partial charge in [0.05, 0.1) is 36.4 Å². The van der Waals surface area contributed by atoms with E-state index in [1.807, 2.05) is 28.8 Å². The molecule has 1 aromatic heterocycles. The van der Waals surface area contributed by atoms with Gasteiger partial charge in [0, 0.05) is 5.70 Å². The van der Waals surface area contributed by atoms with Crippen LogP contribution in [0.15, 0.2) is 53.7 Å². The first-order chi connectivity index (χ1) is 14.6. The lowest BCUT2D eigenvalue weighted by atomic mass is 9.93. The predicted molar refractivity (Wildman–Crippen MR) is 115 cm³/mol. The molecule has 30 heavy (non-hydrogen) atoms. The highest BCUT2D eigenvalue weighted by molar-refractivity contribution is 5.94. The highest BCUT2D eigenvalue weighted by Crippen LogP contribution is 2.42. The number of anilines is 1. The summed E-state index contributed by atoms with van der Waals surface area (Å²) in [4.78, 5) is 17.9. The molecule has 156 valence electrons.